The van der Waals surface area contributed by atoms with Crippen molar-refractivity contribution in [2.24, 2.45) is 16.6 Å². The molecule has 1 aliphatic carbocycles. The highest BCUT2D eigenvalue weighted by Crippen LogP contribution is 2.24. The van der Waals surface area contributed by atoms with Gasteiger partial charge in [0.25, 0.3) is 0 Å². The molecule has 1 aromatic rings. The normalized spacial score (nSPS) is 16.6. The fourth-order valence-electron chi connectivity index (χ4n) is 1.78. The number of aromatic hydroxyl groups is 1. The number of nitrogens with one attached hydrogen (secondary N) is 1. The Kier molecular flexibility index (Phi) is 3.85. The van der Waals surface area contributed by atoms with Crippen molar-refractivity contribution in [1.29, 1.82) is 0 Å². The van der Waals surface area contributed by atoms with Crippen molar-refractivity contribution in [3.63, 3.8) is 0 Å². The van der Waals surface area contributed by atoms with Crippen LogP contribution in [0.1, 0.15) is 24.8 Å². The van der Waals surface area contributed by atoms with Gasteiger partial charge in [-0.25, -0.2) is 4.99 Å². The minimum absolute atomic E-state index is 0.272. The summed E-state index contributed by atoms with van der Waals surface area (Å²) < 4.78 is 0. The topological polar surface area (TPSA) is 70.6 Å². The first-order valence-electron chi connectivity index (χ1n) is 6.06. The number of phenols is 1. The first-order chi connectivity index (χ1) is 8.24. The van der Waals surface area contributed by atoms with Gasteiger partial charge in [-0.2, -0.15) is 0 Å². The predicted octanol–water partition coefficient (Wildman–Crippen LogP) is 1.60. The molecule has 4 N–H and O–H groups in total. The smallest absolute Gasteiger partial charge is 0.188 e. The number of nitrogens with zero attached hydrogens (tertiary/aromatic N) is 1. The van der Waals surface area contributed by atoms with E-state index in [-0.39, 0.29) is 5.75 Å². The Hall–Kier alpha value is -1.71. The third kappa shape index (κ3) is 3.66. The van der Waals surface area contributed by atoms with E-state index < -0.39 is 0 Å². The zero-order chi connectivity index (χ0) is 12.1. The van der Waals surface area contributed by atoms with Crippen LogP contribution in [-0.4, -0.2) is 17.6 Å². The summed E-state index contributed by atoms with van der Waals surface area (Å²) in [7, 11) is 0. The summed E-state index contributed by atoms with van der Waals surface area (Å²) in [5.74, 6) is 1.55. The first kappa shape index (κ1) is 11.8. The number of rotatable bonds is 4. The third-order valence-electron chi connectivity index (χ3n) is 3.16. The largest absolute Gasteiger partial charge is 0.508 e. The minimum Gasteiger partial charge on any atom is -0.508 e. The first-order valence-corrected chi connectivity index (χ1v) is 6.06. The van der Waals surface area contributed by atoms with Crippen LogP contribution in [0.2, 0.25) is 0 Å². The molecule has 4 heteroatoms. The number of phenolic OH excluding ortho intramolecular Hbond substituents is 1. The van der Waals surface area contributed by atoms with E-state index in [4.69, 9.17) is 10.8 Å². The average molecular weight is 233 g/mol. The SMILES string of the molecule is NC(=NCc1ccc(O)cc1)NCC1CCC1. The molecule has 92 valence electrons. The number of benzene rings is 1. The molecule has 4 nitrogen and oxygen atoms in total. The second kappa shape index (κ2) is 5.57. The zero-order valence-corrected chi connectivity index (χ0v) is 9.89. The van der Waals surface area contributed by atoms with Crippen LogP contribution in [0.4, 0.5) is 0 Å². The van der Waals surface area contributed by atoms with Crippen LogP contribution in [0.25, 0.3) is 0 Å². The van der Waals surface area contributed by atoms with Gasteiger partial charge in [-0.05, 0) is 36.5 Å². The van der Waals surface area contributed by atoms with Gasteiger partial charge in [0.2, 0.25) is 0 Å². The molecule has 2 rings (SSSR count). The number of nitrogens with two attached hydrogens (primary N) is 1. The quantitative estimate of drug-likeness (QED) is 0.546. The summed E-state index contributed by atoms with van der Waals surface area (Å²) in [4.78, 5) is 4.26. The van der Waals surface area contributed by atoms with Crippen molar-refractivity contribution in [2.45, 2.75) is 25.8 Å². The highest BCUT2D eigenvalue weighted by atomic mass is 16.3. The fraction of sp³-hybridized carbons (Fsp3) is 0.462. The molecule has 0 saturated heterocycles. The molecule has 1 aromatic carbocycles. The highest BCUT2D eigenvalue weighted by molar-refractivity contribution is 5.77. The maximum Gasteiger partial charge on any atom is 0.188 e. The molecule has 0 unspecified atom stereocenters. The second-order valence-electron chi connectivity index (χ2n) is 4.55. The van der Waals surface area contributed by atoms with E-state index in [0.717, 1.165) is 18.0 Å². The summed E-state index contributed by atoms with van der Waals surface area (Å²) in [6.07, 6.45) is 3.95. The minimum atomic E-state index is 0.272. The number of hydrogen-bond acceptors (Lipinski definition) is 2. The summed E-state index contributed by atoms with van der Waals surface area (Å²) in [6.45, 7) is 1.48. The van der Waals surface area contributed by atoms with Crippen LogP contribution in [0.15, 0.2) is 29.3 Å². The average Bonchev–Trinajstić information content (AvgIpc) is 2.26. The Morgan fingerprint density at radius 1 is 1.35 bits per heavy atom. The zero-order valence-electron chi connectivity index (χ0n) is 9.89. The second-order valence-corrected chi connectivity index (χ2v) is 4.55. The molecule has 0 heterocycles. The molecular formula is C13H19N3O. The summed E-state index contributed by atoms with van der Waals surface area (Å²) >= 11 is 0. The molecule has 0 atom stereocenters. The molecular weight excluding hydrogens is 214 g/mol. The van der Waals surface area contributed by atoms with Gasteiger partial charge in [0.05, 0.1) is 6.54 Å². The van der Waals surface area contributed by atoms with E-state index in [1.807, 2.05) is 12.1 Å². The number of aliphatic imine (C=N–C) groups is 1. The van der Waals surface area contributed by atoms with Gasteiger partial charge < -0.3 is 16.2 Å². The lowest BCUT2D eigenvalue weighted by molar-refractivity contribution is 0.315. The molecule has 1 saturated carbocycles. The van der Waals surface area contributed by atoms with Crippen LogP contribution < -0.4 is 11.1 Å². The van der Waals surface area contributed by atoms with Gasteiger partial charge in [-0.3, -0.25) is 0 Å². The Morgan fingerprint density at radius 3 is 2.65 bits per heavy atom. The maximum atomic E-state index is 9.14. The molecule has 0 amide bonds. The Labute approximate surface area is 102 Å². The fourth-order valence-corrected chi connectivity index (χ4v) is 1.78. The van der Waals surface area contributed by atoms with Gasteiger partial charge in [-0.1, -0.05) is 18.6 Å². The van der Waals surface area contributed by atoms with Crippen molar-refractivity contribution in [2.75, 3.05) is 6.54 Å². The third-order valence-corrected chi connectivity index (χ3v) is 3.16. The monoisotopic (exact) mass is 233 g/mol. The van der Waals surface area contributed by atoms with Crippen molar-refractivity contribution in [3.05, 3.63) is 29.8 Å². The van der Waals surface area contributed by atoms with Gasteiger partial charge in [0.1, 0.15) is 5.75 Å². The lowest BCUT2D eigenvalue weighted by Crippen LogP contribution is -2.37. The molecule has 0 bridgehead atoms. The summed E-state index contributed by atoms with van der Waals surface area (Å²) in [5.41, 5.74) is 6.81. The van der Waals surface area contributed by atoms with Gasteiger partial charge in [0.15, 0.2) is 5.96 Å². The summed E-state index contributed by atoms with van der Waals surface area (Å²) in [5, 5.41) is 12.3. The Morgan fingerprint density at radius 2 is 2.06 bits per heavy atom. The molecule has 0 radical (unpaired) electrons. The molecule has 1 aliphatic rings. The Balaban J connectivity index is 1.76. The van der Waals surface area contributed by atoms with Crippen LogP contribution >= 0.6 is 0 Å². The molecule has 0 spiro atoms. The standard InChI is InChI=1S/C13H19N3O/c14-13(15-8-10-2-1-3-10)16-9-11-4-6-12(17)7-5-11/h4-7,10,17H,1-3,8-9H2,(H3,14,15,16). The lowest BCUT2D eigenvalue weighted by Gasteiger charge is -2.25. The van der Waals surface area contributed by atoms with E-state index in [9.17, 15) is 0 Å². The van der Waals surface area contributed by atoms with Gasteiger partial charge >= 0.3 is 0 Å². The lowest BCUT2D eigenvalue weighted by atomic mass is 9.85. The molecule has 0 aromatic heterocycles. The molecule has 17 heavy (non-hydrogen) atoms. The van der Waals surface area contributed by atoms with Crippen LogP contribution in [0.5, 0.6) is 5.75 Å². The number of hydrogen-bond donors (Lipinski definition) is 3. The van der Waals surface area contributed by atoms with Crippen molar-refractivity contribution in [3.8, 4) is 5.75 Å². The van der Waals surface area contributed by atoms with Crippen molar-refractivity contribution >= 4 is 5.96 Å². The van der Waals surface area contributed by atoms with Gasteiger partial charge in [-0.15, -0.1) is 0 Å². The van der Waals surface area contributed by atoms with E-state index in [0.29, 0.717) is 12.5 Å². The van der Waals surface area contributed by atoms with Crippen LogP contribution in [-0.2, 0) is 6.54 Å². The van der Waals surface area contributed by atoms with Crippen LogP contribution in [0, 0.1) is 5.92 Å². The predicted molar refractivity (Wildman–Crippen MR) is 68.8 cm³/mol. The number of guanidine groups is 1. The van der Waals surface area contributed by atoms with Gasteiger partial charge in [0, 0.05) is 6.54 Å². The van der Waals surface area contributed by atoms with Crippen molar-refractivity contribution < 1.29 is 5.11 Å². The van der Waals surface area contributed by atoms with E-state index >= 15 is 0 Å². The van der Waals surface area contributed by atoms with Crippen LogP contribution in [0.3, 0.4) is 0 Å². The molecule has 1 fully saturated rings. The highest BCUT2D eigenvalue weighted by Gasteiger charge is 2.16. The van der Waals surface area contributed by atoms with Crippen molar-refractivity contribution in [1.82, 2.24) is 5.32 Å². The maximum absolute atomic E-state index is 9.14. The molecule has 0 aliphatic heterocycles. The van der Waals surface area contributed by atoms with E-state index in [1.54, 1.807) is 12.1 Å². The van der Waals surface area contributed by atoms with E-state index in [2.05, 4.69) is 10.3 Å². The van der Waals surface area contributed by atoms with E-state index in [1.165, 1.54) is 19.3 Å². The Bertz CT molecular complexity index is 382. The summed E-state index contributed by atoms with van der Waals surface area (Å²) in [6, 6.07) is 7.00.